The molecule has 0 aliphatic rings. The number of hydrogen-bond donors (Lipinski definition) is 1. The maximum Gasteiger partial charge on any atom is 0.185 e. The van der Waals surface area contributed by atoms with Gasteiger partial charge in [0.05, 0.1) is 5.69 Å². The summed E-state index contributed by atoms with van der Waals surface area (Å²) >= 11 is 0. The summed E-state index contributed by atoms with van der Waals surface area (Å²) in [6.45, 7) is 0. The van der Waals surface area contributed by atoms with E-state index in [1.165, 1.54) is 0 Å². The van der Waals surface area contributed by atoms with Crippen LogP contribution in [0, 0.1) is 0 Å². The standard InChI is InChI=1S/C7H9BN2/c8-7(9)10-6-4-2-1-3-5-6/h1-5H,8H2,(H2,9,10). The van der Waals surface area contributed by atoms with Crippen molar-refractivity contribution in [3.05, 3.63) is 30.3 Å². The highest BCUT2D eigenvalue weighted by Crippen LogP contribution is 2.08. The summed E-state index contributed by atoms with van der Waals surface area (Å²) in [6, 6.07) is 9.64. The molecule has 0 spiro atoms. The van der Waals surface area contributed by atoms with E-state index >= 15 is 0 Å². The zero-order valence-corrected chi connectivity index (χ0v) is 5.91. The van der Waals surface area contributed by atoms with Crippen LogP contribution in [0.3, 0.4) is 0 Å². The van der Waals surface area contributed by atoms with Gasteiger partial charge >= 0.3 is 0 Å². The maximum atomic E-state index is 5.37. The Balaban J connectivity index is 2.87. The van der Waals surface area contributed by atoms with Crippen molar-refractivity contribution in [1.29, 1.82) is 0 Å². The molecular formula is C7H9BN2. The van der Waals surface area contributed by atoms with Crippen LogP contribution < -0.4 is 5.73 Å². The number of amidine groups is 1. The Morgan fingerprint density at radius 3 is 2.40 bits per heavy atom. The molecule has 0 fully saturated rings. The Kier molecular flexibility index (Phi) is 2.10. The van der Waals surface area contributed by atoms with E-state index in [0.29, 0.717) is 5.73 Å². The molecule has 0 aliphatic carbocycles. The molecule has 2 N–H and O–H groups in total. The van der Waals surface area contributed by atoms with Crippen molar-refractivity contribution in [2.75, 3.05) is 0 Å². The van der Waals surface area contributed by atoms with Gasteiger partial charge < -0.3 is 5.73 Å². The van der Waals surface area contributed by atoms with Crippen LogP contribution in [-0.4, -0.2) is 13.6 Å². The van der Waals surface area contributed by atoms with Crippen LogP contribution >= 0.6 is 0 Å². The summed E-state index contributed by atoms with van der Waals surface area (Å²) in [7, 11) is 1.77. The molecule has 50 valence electrons. The molecule has 0 bridgehead atoms. The molecule has 2 nitrogen and oxygen atoms in total. The molecule has 0 heterocycles. The summed E-state index contributed by atoms with van der Waals surface area (Å²) in [5.41, 5.74) is 6.87. The third kappa shape index (κ3) is 1.93. The summed E-state index contributed by atoms with van der Waals surface area (Å²) in [4.78, 5) is 4.05. The first kappa shape index (κ1) is 6.87. The van der Waals surface area contributed by atoms with Gasteiger partial charge in [-0.15, -0.1) is 0 Å². The molecule has 0 unspecified atom stereocenters. The van der Waals surface area contributed by atoms with Gasteiger partial charge in [0.2, 0.25) is 0 Å². The number of nitrogens with zero attached hydrogens (tertiary/aromatic N) is 1. The smallest absolute Gasteiger partial charge is 0.185 e. The second-order valence-corrected chi connectivity index (χ2v) is 2.09. The summed E-state index contributed by atoms with van der Waals surface area (Å²) in [6.07, 6.45) is 0. The van der Waals surface area contributed by atoms with Gasteiger partial charge in [0, 0.05) is 5.73 Å². The van der Waals surface area contributed by atoms with E-state index in [4.69, 9.17) is 5.73 Å². The predicted octanol–water partition coefficient (Wildman–Crippen LogP) is 0.266. The zero-order chi connectivity index (χ0) is 7.40. The molecule has 0 saturated heterocycles. The molecule has 0 aromatic heterocycles. The third-order valence-electron chi connectivity index (χ3n) is 1.06. The van der Waals surface area contributed by atoms with Crippen molar-refractivity contribution < 1.29 is 0 Å². The lowest BCUT2D eigenvalue weighted by molar-refractivity contribution is 1.51. The Labute approximate surface area is 61.2 Å². The first-order valence-electron chi connectivity index (χ1n) is 3.15. The number of nitrogens with two attached hydrogens (primary N) is 1. The number of rotatable bonds is 1. The highest BCUT2D eigenvalue weighted by Gasteiger charge is 1.83. The van der Waals surface area contributed by atoms with Crippen molar-refractivity contribution in [3.63, 3.8) is 0 Å². The molecule has 0 atom stereocenters. The molecule has 10 heavy (non-hydrogen) atoms. The van der Waals surface area contributed by atoms with Gasteiger partial charge in [0.15, 0.2) is 7.85 Å². The average Bonchev–Trinajstić information content (AvgIpc) is 1.88. The summed E-state index contributed by atoms with van der Waals surface area (Å²) < 4.78 is 0. The lowest BCUT2D eigenvalue weighted by Gasteiger charge is -1.91. The molecule has 1 rings (SSSR count). The van der Waals surface area contributed by atoms with Crippen molar-refractivity contribution in [2.45, 2.75) is 0 Å². The molecule has 3 heteroatoms. The van der Waals surface area contributed by atoms with Crippen LogP contribution in [0.5, 0.6) is 0 Å². The van der Waals surface area contributed by atoms with Crippen LogP contribution in [0.4, 0.5) is 5.69 Å². The zero-order valence-electron chi connectivity index (χ0n) is 5.91. The van der Waals surface area contributed by atoms with E-state index in [0.717, 1.165) is 5.69 Å². The van der Waals surface area contributed by atoms with E-state index in [1.807, 2.05) is 30.3 Å². The first-order chi connectivity index (χ1) is 4.79. The lowest BCUT2D eigenvalue weighted by Crippen LogP contribution is -2.09. The fourth-order valence-corrected chi connectivity index (χ4v) is 0.706. The fraction of sp³-hybridized carbons (Fsp3) is 0. The molecule has 1 aromatic rings. The first-order valence-corrected chi connectivity index (χ1v) is 3.15. The number of para-hydroxylation sites is 1. The van der Waals surface area contributed by atoms with Crippen LogP contribution in [0.2, 0.25) is 0 Å². The third-order valence-corrected chi connectivity index (χ3v) is 1.06. The lowest BCUT2D eigenvalue weighted by atomic mass is 10.1. The minimum atomic E-state index is 0.589. The fourth-order valence-electron chi connectivity index (χ4n) is 0.706. The highest BCUT2D eigenvalue weighted by molar-refractivity contribution is 6.58. The van der Waals surface area contributed by atoms with Crippen LogP contribution in [0.15, 0.2) is 35.3 Å². The van der Waals surface area contributed by atoms with Crippen LogP contribution in [0.25, 0.3) is 0 Å². The van der Waals surface area contributed by atoms with Gasteiger partial charge in [-0.1, -0.05) is 18.2 Å². The Morgan fingerprint density at radius 2 is 1.90 bits per heavy atom. The Morgan fingerprint density at radius 1 is 1.30 bits per heavy atom. The van der Waals surface area contributed by atoms with Crippen molar-refractivity contribution in [3.8, 4) is 0 Å². The topological polar surface area (TPSA) is 38.4 Å². The monoisotopic (exact) mass is 132 g/mol. The number of aliphatic imine (C=N–C) groups is 1. The number of hydrogen-bond acceptors (Lipinski definition) is 1. The normalized spacial score (nSPS) is 11.4. The SMILES string of the molecule is B/C(N)=N\c1ccccc1. The Hall–Kier alpha value is -1.25. The minimum Gasteiger partial charge on any atom is -0.396 e. The summed E-state index contributed by atoms with van der Waals surface area (Å²) in [5, 5.41) is 0. The van der Waals surface area contributed by atoms with Gasteiger partial charge in [-0.2, -0.15) is 0 Å². The van der Waals surface area contributed by atoms with E-state index in [1.54, 1.807) is 7.85 Å². The predicted molar refractivity (Wildman–Crippen MR) is 46.3 cm³/mol. The molecule has 0 amide bonds. The van der Waals surface area contributed by atoms with Crippen molar-refractivity contribution in [2.24, 2.45) is 10.7 Å². The summed E-state index contributed by atoms with van der Waals surface area (Å²) in [5.74, 6) is 0. The number of benzene rings is 1. The Bertz CT molecular complexity index is 227. The quantitative estimate of drug-likeness (QED) is 0.332. The second-order valence-electron chi connectivity index (χ2n) is 2.09. The van der Waals surface area contributed by atoms with Gasteiger partial charge in [0.25, 0.3) is 0 Å². The highest BCUT2D eigenvalue weighted by atomic mass is 14.8. The van der Waals surface area contributed by atoms with Crippen molar-refractivity contribution >= 4 is 19.3 Å². The maximum absolute atomic E-state index is 5.37. The average molecular weight is 132 g/mol. The molecule has 1 aromatic carbocycles. The van der Waals surface area contributed by atoms with E-state index in [9.17, 15) is 0 Å². The van der Waals surface area contributed by atoms with Crippen LogP contribution in [-0.2, 0) is 0 Å². The van der Waals surface area contributed by atoms with Crippen molar-refractivity contribution in [1.82, 2.24) is 0 Å². The van der Waals surface area contributed by atoms with E-state index in [-0.39, 0.29) is 0 Å². The molecular weight excluding hydrogens is 123 g/mol. The van der Waals surface area contributed by atoms with Gasteiger partial charge in [-0.05, 0) is 12.1 Å². The van der Waals surface area contributed by atoms with Gasteiger partial charge in [-0.3, -0.25) is 0 Å². The van der Waals surface area contributed by atoms with Crippen LogP contribution in [0.1, 0.15) is 0 Å². The van der Waals surface area contributed by atoms with Gasteiger partial charge in [0.1, 0.15) is 0 Å². The van der Waals surface area contributed by atoms with E-state index < -0.39 is 0 Å². The van der Waals surface area contributed by atoms with E-state index in [2.05, 4.69) is 4.99 Å². The molecule has 0 saturated carbocycles. The largest absolute Gasteiger partial charge is 0.396 e. The second kappa shape index (κ2) is 3.06. The molecule has 0 radical (unpaired) electrons. The minimum absolute atomic E-state index is 0.589. The van der Waals surface area contributed by atoms with Gasteiger partial charge in [-0.25, -0.2) is 4.99 Å². The molecule has 0 aliphatic heterocycles.